The zero-order chi connectivity index (χ0) is 10.7. The van der Waals surface area contributed by atoms with Crippen molar-refractivity contribution in [3.05, 3.63) is 0 Å². The minimum Gasteiger partial charge on any atom is -0.478 e. The molecule has 1 aliphatic heterocycles. The molecule has 1 atom stereocenters. The van der Waals surface area contributed by atoms with Crippen LogP contribution >= 0.6 is 0 Å². The monoisotopic (exact) mass is 208 g/mol. The molecule has 1 unspecified atom stereocenters. The second-order valence-corrected chi connectivity index (χ2v) is 4.72. The normalized spacial score (nSPS) is 36.6. The lowest BCUT2D eigenvalue weighted by molar-refractivity contribution is 0.161. The second kappa shape index (κ2) is 4.77. The Morgan fingerprint density at radius 3 is 2.60 bits per heavy atom. The van der Waals surface area contributed by atoms with Crippen LogP contribution in [0, 0.1) is 17.2 Å². The Morgan fingerprint density at radius 1 is 1.27 bits per heavy atom. The average molecular weight is 208 g/mol. The van der Waals surface area contributed by atoms with E-state index in [0.29, 0.717) is 17.9 Å². The molecule has 2 rings (SSSR count). The van der Waals surface area contributed by atoms with E-state index >= 15 is 0 Å². The number of rotatable bonds is 2. The number of hydrogen-bond donors (Lipinski definition) is 1. The predicted octanol–water partition coefficient (Wildman–Crippen LogP) is 2.65. The maximum atomic E-state index is 7.25. The van der Waals surface area contributed by atoms with E-state index in [1.807, 2.05) is 0 Å². The molecule has 0 bridgehead atoms. The molecule has 0 aromatic carbocycles. The van der Waals surface area contributed by atoms with E-state index in [2.05, 4.69) is 11.9 Å². The molecule has 0 spiro atoms. The van der Waals surface area contributed by atoms with Crippen molar-refractivity contribution < 1.29 is 4.74 Å². The van der Waals surface area contributed by atoms with Crippen LogP contribution in [0.3, 0.4) is 0 Å². The molecular formula is C12H20N2O. The van der Waals surface area contributed by atoms with Crippen LogP contribution in [-0.4, -0.2) is 24.8 Å². The van der Waals surface area contributed by atoms with Crippen molar-refractivity contribution in [2.75, 3.05) is 6.54 Å². The van der Waals surface area contributed by atoms with Crippen LogP contribution in [0.5, 0.6) is 0 Å². The Hall–Kier alpha value is -0.860. The summed E-state index contributed by atoms with van der Waals surface area (Å²) in [5.41, 5.74) is 0. The van der Waals surface area contributed by atoms with Gasteiger partial charge in [-0.1, -0.05) is 0 Å². The highest BCUT2D eigenvalue weighted by atomic mass is 16.5. The van der Waals surface area contributed by atoms with Crippen molar-refractivity contribution >= 4 is 12.1 Å². The van der Waals surface area contributed by atoms with E-state index in [1.165, 1.54) is 0 Å². The van der Waals surface area contributed by atoms with Crippen molar-refractivity contribution in [1.82, 2.24) is 0 Å². The molecule has 0 radical (unpaired) electrons. The van der Waals surface area contributed by atoms with Gasteiger partial charge in [-0.15, -0.1) is 0 Å². The van der Waals surface area contributed by atoms with Gasteiger partial charge in [-0.2, -0.15) is 0 Å². The molecule has 0 amide bonds. The number of nitrogens with zero attached hydrogens (tertiary/aromatic N) is 1. The molecule has 0 aromatic rings. The fourth-order valence-electron chi connectivity index (χ4n) is 2.42. The number of aliphatic imine (C=N–C) groups is 1. The molecule has 15 heavy (non-hydrogen) atoms. The van der Waals surface area contributed by atoms with E-state index < -0.39 is 0 Å². The lowest BCUT2D eigenvalue weighted by atomic mass is 9.82. The van der Waals surface area contributed by atoms with Gasteiger partial charge in [0.25, 0.3) is 0 Å². The molecule has 1 heterocycles. The summed E-state index contributed by atoms with van der Waals surface area (Å²) in [4.78, 5) is 4.49. The van der Waals surface area contributed by atoms with Crippen molar-refractivity contribution in [2.45, 2.75) is 45.1 Å². The number of ether oxygens (including phenoxy) is 1. The minimum atomic E-state index is 0.345. The zero-order valence-corrected chi connectivity index (χ0v) is 9.41. The standard InChI is InChI=1S/C12H20N2O/c1-9-6-7-14-12(15-9)11-4-2-10(8-13)3-5-11/h8-11,13H,2-7H2,1H3. The fraction of sp³-hybridized carbons (Fsp3) is 0.833. The first-order valence-corrected chi connectivity index (χ1v) is 6.01. The maximum absolute atomic E-state index is 7.25. The van der Waals surface area contributed by atoms with Crippen LogP contribution in [0.25, 0.3) is 0 Å². The van der Waals surface area contributed by atoms with Gasteiger partial charge in [0.2, 0.25) is 0 Å². The molecular weight excluding hydrogens is 188 g/mol. The van der Waals surface area contributed by atoms with Crippen LogP contribution in [0.4, 0.5) is 0 Å². The minimum absolute atomic E-state index is 0.345. The van der Waals surface area contributed by atoms with Crippen LogP contribution in [0.15, 0.2) is 4.99 Å². The first-order chi connectivity index (χ1) is 7.29. The summed E-state index contributed by atoms with van der Waals surface area (Å²) in [6, 6.07) is 0. The molecule has 0 saturated heterocycles. The SMILES string of the molecule is CC1CCN=C(C2CCC(C=N)CC2)O1. The largest absolute Gasteiger partial charge is 0.478 e. The van der Waals surface area contributed by atoms with E-state index in [0.717, 1.165) is 44.5 Å². The summed E-state index contributed by atoms with van der Waals surface area (Å²) in [7, 11) is 0. The molecule has 1 saturated carbocycles. The number of hydrogen-bond acceptors (Lipinski definition) is 3. The Labute approximate surface area is 91.4 Å². The molecule has 1 N–H and O–H groups in total. The van der Waals surface area contributed by atoms with E-state index in [-0.39, 0.29) is 0 Å². The Kier molecular flexibility index (Phi) is 3.39. The molecule has 3 nitrogen and oxygen atoms in total. The summed E-state index contributed by atoms with van der Waals surface area (Å²) in [5.74, 6) is 2.03. The van der Waals surface area contributed by atoms with Gasteiger partial charge < -0.3 is 10.1 Å². The maximum Gasteiger partial charge on any atom is 0.186 e. The predicted molar refractivity (Wildman–Crippen MR) is 61.7 cm³/mol. The summed E-state index contributed by atoms with van der Waals surface area (Å²) in [6.45, 7) is 3.05. The lowest BCUT2D eigenvalue weighted by Crippen LogP contribution is -2.30. The molecule has 0 aromatic heterocycles. The van der Waals surface area contributed by atoms with Crippen LogP contribution < -0.4 is 0 Å². The van der Waals surface area contributed by atoms with Gasteiger partial charge in [0.1, 0.15) is 0 Å². The van der Waals surface area contributed by atoms with Crippen LogP contribution in [0.1, 0.15) is 39.0 Å². The highest BCUT2D eigenvalue weighted by Crippen LogP contribution is 2.30. The van der Waals surface area contributed by atoms with Crippen molar-refractivity contribution in [3.8, 4) is 0 Å². The summed E-state index contributed by atoms with van der Waals surface area (Å²) in [6.07, 6.45) is 7.55. The molecule has 3 heteroatoms. The van der Waals surface area contributed by atoms with Gasteiger partial charge in [0.05, 0.1) is 6.10 Å². The molecule has 1 aliphatic carbocycles. The van der Waals surface area contributed by atoms with E-state index in [4.69, 9.17) is 10.1 Å². The van der Waals surface area contributed by atoms with Gasteiger partial charge in [-0.3, -0.25) is 4.99 Å². The molecule has 84 valence electrons. The Balaban J connectivity index is 1.89. The third-order valence-corrected chi connectivity index (χ3v) is 3.48. The highest BCUT2D eigenvalue weighted by Gasteiger charge is 2.27. The number of nitrogens with one attached hydrogen (secondary N) is 1. The molecule has 2 aliphatic rings. The van der Waals surface area contributed by atoms with Gasteiger partial charge >= 0.3 is 0 Å². The summed E-state index contributed by atoms with van der Waals surface area (Å²) in [5, 5.41) is 7.25. The zero-order valence-electron chi connectivity index (χ0n) is 9.41. The fourth-order valence-corrected chi connectivity index (χ4v) is 2.42. The van der Waals surface area contributed by atoms with Crippen LogP contribution in [-0.2, 0) is 4.74 Å². The lowest BCUT2D eigenvalue weighted by Gasteiger charge is -2.30. The first-order valence-electron chi connectivity index (χ1n) is 6.01. The van der Waals surface area contributed by atoms with Crippen molar-refractivity contribution in [1.29, 1.82) is 5.41 Å². The van der Waals surface area contributed by atoms with Crippen molar-refractivity contribution in [2.24, 2.45) is 16.8 Å². The van der Waals surface area contributed by atoms with Gasteiger partial charge in [0.15, 0.2) is 5.90 Å². The van der Waals surface area contributed by atoms with E-state index in [9.17, 15) is 0 Å². The van der Waals surface area contributed by atoms with Gasteiger partial charge in [-0.05, 0) is 44.7 Å². The van der Waals surface area contributed by atoms with E-state index in [1.54, 1.807) is 6.21 Å². The smallest absolute Gasteiger partial charge is 0.186 e. The molecule has 1 fully saturated rings. The summed E-state index contributed by atoms with van der Waals surface area (Å²) < 4.78 is 5.79. The van der Waals surface area contributed by atoms with Crippen LogP contribution in [0.2, 0.25) is 0 Å². The topological polar surface area (TPSA) is 45.4 Å². The Bertz CT molecular complexity index is 254. The third kappa shape index (κ3) is 2.58. The third-order valence-electron chi connectivity index (χ3n) is 3.48. The van der Waals surface area contributed by atoms with Gasteiger partial charge in [0, 0.05) is 18.9 Å². The Morgan fingerprint density at radius 2 is 2.00 bits per heavy atom. The van der Waals surface area contributed by atoms with Gasteiger partial charge in [-0.25, -0.2) is 0 Å². The summed E-state index contributed by atoms with van der Waals surface area (Å²) >= 11 is 0. The average Bonchev–Trinajstić information content (AvgIpc) is 2.29. The second-order valence-electron chi connectivity index (χ2n) is 4.72. The van der Waals surface area contributed by atoms with Crippen molar-refractivity contribution in [3.63, 3.8) is 0 Å². The first kappa shape index (κ1) is 10.7. The quantitative estimate of drug-likeness (QED) is 0.697. The highest BCUT2D eigenvalue weighted by molar-refractivity contribution is 5.79.